The van der Waals surface area contributed by atoms with Crippen LogP contribution in [0.3, 0.4) is 0 Å². The third kappa shape index (κ3) is 1.49. The molecule has 1 rings (SSSR count). The Morgan fingerprint density at radius 3 is 2.12 bits per heavy atom. The summed E-state index contributed by atoms with van der Waals surface area (Å²) in [6.45, 7) is 0. The van der Waals surface area contributed by atoms with Crippen LogP contribution in [0.5, 0.6) is 0 Å². The van der Waals surface area contributed by atoms with E-state index in [1.54, 1.807) is 0 Å². The summed E-state index contributed by atoms with van der Waals surface area (Å²) in [5, 5.41) is 0. The fourth-order valence-corrected chi connectivity index (χ4v) is 1.02. The van der Waals surface area contributed by atoms with E-state index in [0.717, 1.165) is 0 Å². The maximum atomic E-state index is 2.17. The first kappa shape index (κ1) is 6.10. The molecule has 1 aromatic carbocycles. The first-order valence-corrected chi connectivity index (χ1v) is 3.91. The molecule has 0 aliphatic heterocycles. The Morgan fingerprint density at radius 2 is 1.75 bits per heavy atom. The fraction of sp³-hybridized carbons (Fsp3) is 0. The van der Waals surface area contributed by atoms with Crippen molar-refractivity contribution >= 4 is 3.71 Å². The van der Waals surface area contributed by atoms with Crippen molar-refractivity contribution in [2.24, 2.45) is 0 Å². The number of benzene rings is 1. The van der Waals surface area contributed by atoms with Crippen LogP contribution in [0, 0.1) is 0 Å². The molecule has 0 unspecified atom stereocenters. The summed E-state index contributed by atoms with van der Waals surface area (Å²) < 4.78 is 2.17. The summed E-state index contributed by atoms with van der Waals surface area (Å²) in [6.07, 6.45) is 0. The Morgan fingerprint density at radius 1 is 1.12 bits per heavy atom. The number of rotatable bonds is 1. The molecule has 0 radical (unpaired) electrons. The Labute approximate surface area is 63.9 Å². The van der Waals surface area contributed by atoms with E-state index in [1.165, 1.54) is 29.8 Å². The summed E-state index contributed by atoms with van der Waals surface area (Å²) in [6, 6.07) is 10.3. The third-order valence-corrected chi connectivity index (χ3v) is 1.79. The molecular formula is C7H6Zr. The van der Waals surface area contributed by atoms with Gasteiger partial charge in [0, 0.05) is 0 Å². The predicted molar refractivity (Wildman–Crippen MR) is 31.6 cm³/mol. The predicted octanol–water partition coefficient (Wildman–Crippen LogP) is 1.38. The van der Waals surface area contributed by atoms with Gasteiger partial charge in [-0.3, -0.25) is 0 Å². The van der Waals surface area contributed by atoms with Crippen molar-refractivity contribution in [3.63, 3.8) is 0 Å². The zero-order valence-corrected chi connectivity index (χ0v) is 6.92. The van der Waals surface area contributed by atoms with Gasteiger partial charge in [-0.1, -0.05) is 0 Å². The molecule has 0 nitrogen and oxygen atoms in total. The van der Waals surface area contributed by atoms with Gasteiger partial charge in [0.2, 0.25) is 0 Å². The molecule has 0 spiro atoms. The van der Waals surface area contributed by atoms with Crippen molar-refractivity contribution < 1.29 is 24.2 Å². The van der Waals surface area contributed by atoms with Crippen LogP contribution in [0.1, 0.15) is 5.56 Å². The number of hydrogen-bond donors (Lipinski definition) is 0. The van der Waals surface area contributed by atoms with Gasteiger partial charge in [0.05, 0.1) is 0 Å². The van der Waals surface area contributed by atoms with Crippen molar-refractivity contribution in [1.29, 1.82) is 0 Å². The molecule has 0 atom stereocenters. The van der Waals surface area contributed by atoms with E-state index in [1.807, 2.05) is 6.07 Å². The van der Waals surface area contributed by atoms with Crippen molar-refractivity contribution in [2.75, 3.05) is 0 Å². The molecule has 0 fully saturated rings. The second-order valence-electron chi connectivity index (χ2n) is 1.56. The molecule has 1 heteroatoms. The zero-order valence-electron chi connectivity index (χ0n) is 4.46. The van der Waals surface area contributed by atoms with Crippen LogP contribution < -0.4 is 0 Å². The van der Waals surface area contributed by atoms with E-state index in [2.05, 4.69) is 28.0 Å². The monoisotopic (exact) mass is 180 g/mol. The number of hydrogen-bond acceptors (Lipinski definition) is 0. The van der Waals surface area contributed by atoms with Crippen LogP contribution in [0.25, 0.3) is 0 Å². The van der Waals surface area contributed by atoms with E-state index in [0.29, 0.717) is 0 Å². The Bertz CT molecular complexity index is 167. The van der Waals surface area contributed by atoms with Crippen molar-refractivity contribution in [1.82, 2.24) is 0 Å². The minimum absolute atomic E-state index is 1.32. The molecule has 0 amide bonds. The zero-order chi connectivity index (χ0) is 5.82. The van der Waals surface area contributed by atoms with Crippen LogP contribution in [0.4, 0.5) is 0 Å². The van der Waals surface area contributed by atoms with Crippen LogP contribution in [-0.2, 0) is 24.2 Å². The summed E-state index contributed by atoms with van der Waals surface area (Å²) >= 11 is 1.46. The Balaban J connectivity index is 2.99. The Kier molecular flexibility index (Phi) is 2.36. The molecule has 0 aliphatic carbocycles. The first-order chi connectivity index (χ1) is 3.93. The van der Waals surface area contributed by atoms with Gasteiger partial charge in [-0.25, -0.2) is 0 Å². The molecule has 0 aromatic heterocycles. The Hall–Kier alpha value is -0.0269. The molecule has 0 saturated heterocycles. The normalized spacial score (nSPS) is 8.38. The van der Waals surface area contributed by atoms with Gasteiger partial charge in [0.1, 0.15) is 0 Å². The van der Waals surface area contributed by atoms with E-state index in [-0.39, 0.29) is 0 Å². The van der Waals surface area contributed by atoms with E-state index >= 15 is 0 Å². The second kappa shape index (κ2) is 3.09. The third-order valence-electron chi connectivity index (χ3n) is 0.966. The van der Waals surface area contributed by atoms with Gasteiger partial charge >= 0.3 is 63.8 Å². The standard InChI is InChI=1S/C7H6.Zr/c1-7-5-3-2-4-6-7;/h1-6H;. The molecule has 38 valence electrons. The first-order valence-electron chi connectivity index (χ1n) is 2.49. The minimum atomic E-state index is 1.32. The van der Waals surface area contributed by atoms with Gasteiger partial charge in [-0.2, -0.15) is 0 Å². The quantitative estimate of drug-likeness (QED) is 0.614. The van der Waals surface area contributed by atoms with Crippen LogP contribution >= 0.6 is 0 Å². The molecule has 0 N–H and O–H groups in total. The van der Waals surface area contributed by atoms with Crippen LogP contribution in [0.15, 0.2) is 30.3 Å². The fourth-order valence-electron chi connectivity index (χ4n) is 0.549. The van der Waals surface area contributed by atoms with Crippen LogP contribution in [0.2, 0.25) is 0 Å². The maximum absolute atomic E-state index is 2.17. The summed E-state index contributed by atoms with van der Waals surface area (Å²) in [5.41, 5.74) is 1.32. The van der Waals surface area contributed by atoms with E-state index in [4.69, 9.17) is 0 Å². The molecule has 8 heavy (non-hydrogen) atoms. The molecule has 0 heterocycles. The van der Waals surface area contributed by atoms with Crippen molar-refractivity contribution in [3.05, 3.63) is 35.9 Å². The molecule has 0 saturated carbocycles. The van der Waals surface area contributed by atoms with Gasteiger partial charge in [0.25, 0.3) is 0 Å². The topological polar surface area (TPSA) is 0 Å². The van der Waals surface area contributed by atoms with Gasteiger partial charge in [-0.05, 0) is 0 Å². The molecule has 1 aromatic rings. The molecule has 0 aliphatic rings. The second-order valence-corrected chi connectivity index (χ2v) is 2.26. The van der Waals surface area contributed by atoms with Gasteiger partial charge < -0.3 is 0 Å². The van der Waals surface area contributed by atoms with Gasteiger partial charge in [-0.15, -0.1) is 0 Å². The average Bonchev–Trinajstić information content (AvgIpc) is 1.90. The SMILES string of the molecule is [Zr]=[CH]c1ccccc1. The van der Waals surface area contributed by atoms with Crippen molar-refractivity contribution in [3.8, 4) is 0 Å². The van der Waals surface area contributed by atoms with Crippen LogP contribution in [-0.4, -0.2) is 3.71 Å². The summed E-state index contributed by atoms with van der Waals surface area (Å²) in [7, 11) is 0. The van der Waals surface area contributed by atoms with E-state index in [9.17, 15) is 0 Å². The van der Waals surface area contributed by atoms with E-state index < -0.39 is 0 Å². The molecule has 0 bridgehead atoms. The summed E-state index contributed by atoms with van der Waals surface area (Å²) in [4.78, 5) is 0. The average molecular weight is 181 g/mol. The molecular weight excluding hydrogens is 175 g/mol. The van der Waals surface area contributed by atoms with Crippen molar-refractivity contribution in [2.45, 2.75) is 0 Å². The van der Waals surface area contributed by atoms with Gasteiger partial charge in [0.15, 0.2) is 0 Å². The summed E-state index contributed by atoms with van der Waals surface area (Å²) in [5.74, 6) is 0.